The summed E-state index contributed by atoms with van der Waals surface area (Å²) in [5.41, 5.74) is 7.37. The Balaban J connectivity index is 1.24. The number of benzene rings is 8. The van der Waals surface area contributed by atoms with Crippen LogP contribution in [-0.4, -0.2) is 0 Å². The van der Waals surface area contributed by atoms with Crippen molar-refractivity contribution in [2.24, 2.45) is 0 Å². The Morgan fingerprint density at radius 1 is 0.386 bits per heavy atom. The second-order valence-corrected chi connectivity index (χ2v) is 11.3. The highest BCUT2D eigenvalue weighted by Gasteiger charge is 2.19. The van der Waals surface area contributed by atoms with E-state index in [0.717, 1.165) is 39.0 Å². The minimum atomic E-state index is 0.883. The third kappa shape index (κ3) is 3.82. The molecule has 9 aromatic rings. The summed E-state index contributed by atoms with van der Waals surface area (Å²) in [6.07, 6.45) is 0. The lowest BCUT2D eigenvalue weighted by molar-refractivity contribution is 0.669. The van der Waals surface area contributed by atoms with Gasteiger partial charge in [-0.15, -0.1) is 0 Å². The Morgan fingerprint density at radius 3 is 1.84 bits per heavy atom. The lowest BCUT2D eigenvalue weighted by Gasteiger charge is -2.25. The van der Waals surface area contributed by atoms with E-state index < -0.39 is 0 Å². The monoisotopic (exact) mass is 561 g/mol. The molecule has 0 bridgehead atoms. The van der Waals surface area contributed by atoms with Crippen LogP contribution < -0.4 is 4.90 Å². The van der Waals surface area contributed by atoms with Crippen LogP contribution in [0.25, 0.3) is 65.4 Å². The predicted molar refractivity (Wildman–Crippen MR) is 186 cm³/mol. The van der Waals surface area contributed by atoms with Gasteiger partial charge in [0.15, 0.2) is 5.58 Å². The zero-order chi connectivity index (χ0) is 29.0. The first-order valence-electron chi connectivity index (χ1n) is 15.0. The van der Waals surface area contributed by atoms with Gasteiger partial charge in [0, 0.05) is 22.1 Å². The molecule has 0 unspecified atom stereocenters. The van der Waals surface area contributed by atoms with Crippen LogP contribution >= 0.6 is 0 Å². The molecule has 0 aliphatic rings. The summed E-state index contributed by atoms with van der Waals surface area (Å²) in [4.78, 5) is 2.29. The van der Waals surface area contributed by atoms with Crippen molar-refractivity contribution in [3.8, 4) is 11.1 Å². The fourth-order valence-electron chi connectivity index (χ4n) is 6.82. The molecule has 0 aliphatic heterocycles. The maximum atomic E-state index is 6.48. The van der Waals surface area contributed by atoms with Crippen LogP contribution in [0.2, 0.25) is 0 Å². The molecule has 44 heavy (non-hydrogen) atoms. The van der Waals surface area contributed by atoms with E-state index in [2.05, 4.69) is 157 Å². The van der Waals surface area contributed by atoms with Gasteiger partial charge in [-0.3, -0.25) is 0 Å². The van der Waals surface area contributed by atoms with Crippen LogP contribution in [0, 0.1) is 0 Å². The van der Waals surface area contributed by atoms with Crippen molar-refractivity contribution in [1.29, 1.82) is 0 Å². The number of fused-ring (bicyclic) bond motifs is 8. The van der Waals surface area contributed by atoms with Gasteiger partial charge in [-0.05, 0) is 79.8 Å². The van der Waals surface area contributed by atoms with E-state index in [9.17, 15) is 0 Å². The van der Waals surface area contributed by atoms with Crippen LogP contribution in [0.1, 0.15) is 0 Å². The molecule has 0 amide bonds. The fraction of sp³-hybridized carbons (Fsp3) is 0. The molecule has 0 N–H and O–H groups in total. The SMILES string of the molecule is c1ccc(N(c2ccc(-c3cccc4ccc5ccc6ccccc6c5c34)cc2)c2cccc3c2oc2ccccc23)cc1. The number of hydrogen-bond donors (Lipinski definition) is 0. The van der Waals surface area contributed by atoms with Gasteiger partial charge < -0.3 is 9.32 Å². The van der Waals surface area contributed by atoms with E-state index in [1.807, 2.05) is 12.1 Å². The molecule has 1 heterocycles. The van der Waals surface area contributed by atoms with Gasteiger partial charge in [-0.2, -0.15) is 0 Å². The Hall–Kier alpha value is -5.86. The Morgan fingerprint density at radius 2 is 1.00 bits per heavy atom. The molecular weight excluding hydrogens is 534 g/mol. The van der Waals surface area contributed by atoms with Gasteiger partial charge in [0.25, 0.3) is 0 Å². The first-order valence-corrected chi connectivity index (χ1v) is 15.0. The summed E-state index contributed by atoms with van der Waals surface area (Å²) < 4.78 is 6.48. The number of furan rings is 1. The van der Waals surface area contributed by atoms with Gasteiger partial charge in [0.2, 0.25) is 0 Å². The standard InChI is InChI=1S/C42H27NO/c1-2-12-32(13-3-1)43(38-18-9-17-37-36-15-6-7-19-39(36)44-42(37)38)33-26-24-29(25-27-33)35-16-8-11-30-22-23-31-21-20-28-10-4-5-14-34(28)41(31)40(30)35/h1-27H. The van der Waals surface area contributed by atoms with Crippen molar-refractivity contribution in [2.75, 3.05) is 4.90 Å². The average molecular weight is 562 g/mol. The predicted octanol–water partition coefficient (Wildman–Crippen LogP) is 12.2. The largest absolute Gasteiger partial charge is 0.454 e. The van der Waals surface area contributed by atoms with Gasteiger partial charge in [-0.1, -0.05) is 127 Å². The molecule has 9 rings (SSSR count). The topological polar surface area (TPSA) is 16.4 Å². The molecule has 8 aromatic carbocycles. The summed E-state index contributed by atoms with van der Waals surface area (Å²) in [6.45, 7) is 0. The summed E-state index contributed by atoms with van der Waals surface area (Å²) in [6, 6.07) is 58.5. The molecular formula is C42H27NO. The summed E-state index contributed by atoms with van der Waals surface area (Å²) in [5.74, 6) is 0. The number of nitrogens with zero attached hydrogens (tertiary/aromatic N) is 1. The maximum Gasteiger partial charge on any atom is 0.159 e. The summed E-state index contributed by atoms with van der Waals surface area (Å²) >= 11 is 0. The Bertz CT molecular complexity index is 2480. The Kier molecular flexibility index (Phi) is 5.54. The highest BCUT2D eigenvalue weighted by molar-refractivity contribution is 6.24. The lowest BCUT2D eigenvalue weighted by atomic mass is 9.91. The van der Waals surface area contributed by atoms with E-state index in [-0.39, 0.29) is 0 Å². The van der Waals surface area contributed by atoms with E-state index in [1.54, 1.807) is 0 Å². The minimum Gasteiger partial charge on any atom is -0.454 e. The van der Waals surface area contributed by atoms with Gasteiger partial charge in [0.1, 0.15) is 5.58 Å². The molecule has 0 aliphatic carbocycles. The van der Waals surface area contributed by atoms with Crippen LogP contribution in [0.5, 0.6) is 0 Å². The highest BCUT2D eigenvalue weighted by atomic mass is 16.3. The second-order valence-electron chi connectivity index (χ2n) is 11.3. The number of hydrogen-bond acceptors (Lipinski definition) is 2. The van der Waals surface area contributed by atoms with E-state index >= 15 is 0 Å². The fourth-order valence-corrected chi connectivity index (χ4v) is 6.82. The van der Waals surface area contributed by atoms with Crippen molar-refractivity contribution >= 4 is 71.3 Å². The first kappa shape index (κ1) is 24.7. The number of rotatable bonds is 4. The summed E-state index contributed by atoms with van der Waals surface area (Å²) in [7, 11) is 0. The van der Waals surface area contributed by atoms with E-state index in [1.165, 1.54) is 43.4 Å². The molecule has 1 aromatic heterocycles. The minimum absolute atomic E-state index is 0.883. The molecule has 0 fully saturated rings. The lowest BCUT2D eigenvalue weighted by Crippen LogP contribution is -2.10. The van der Waals surface area contributed by atoms with Crippen molar-refractivity contribution in [3.05, 3.63) is 164 Å². The normalized spacial score (nSPS) is 11.6. The maximum absolute atomic E-state index is 6.48. The molecule has 0 spiro atoms. The van der Waals surface area contributed by atoms with Crippen LogP contribution in [-0.2, 0) is 0 Å². The molecule has 0 atom stereocenters. The van der Waals surface area contributed by atoms with Crippen molar-refractivity contribution in [2.45, 2.75) is 0 Å². The van der Waals surface area contributed by atoms with Crippen molar-refractivity contribution < 1.29 is 4.42 Å². The third-order valence-corrected chi connectivity index (χ3v) is 8.83. The average Bonchev–Trinajstić information content (AvgIpc) is 3.48. The smallest absolute Gasteiger partial charge is 0.159 e. The molecule has 2 nitrogen and oxygen atoms in total. The van der Waals surface area contributed by atoms with Gasteiger partial charge >= 0.3 is 0 Å². The van der Waals surface area contributed by atoms with Crippen LogP contribution in [0.15, 0.2) is 168 Å². The first-order chi connectivity index (χ1) is 21.8. The van der Waals surface area contributed by atoms with Crippen LogP contribution in [0.3, 0.4) is 0 Å². The van der Waals surface area contributed by atoms with E-state index in [0.29, 0.717) is 0 Å². The van der Waals surface area contributed by atoms with Gasteiger partial charge in [-0.25, -0.2) is 0 Å². The molecule has 2 heteroatoms. The highest BCUT2D eigenvalue weighted by Crippen LogP contribution is 2.43. The number of anilines is 3. The second kappa shape index (κ2) is 9.86. The quantitative estimate of drug-likeness (QED) is 0.199. The summed E-state index contributed by atoms with van der Waals surface area (Å²) in [5, 5.41) is 9.90. The van der Waals surface area contributed by atoms with Crippen LogP contribution in [0.4, 0.5) is 17.1 Å². The van der Waals surface area contributed by atoms with Crippen molar-refractivity contribution in [3.63, 3.8) is 0 Å². The zero-order valence-corrected chi connectivity index (χ0v) is 23.9. The third-order valence-electron chi connectivity index (χ3n) is 8.83. The molecule has 206 valence electrons. The number of para-hydroxylation sites is 3. The van der Waals surface area contributed by atoms with E-state index in [4.69, 9.17) is 4.42 Å². The zero-order valence-electron chi connectivity index (χ0n) is 23.9. The molecule has 0 saturated carbocycles. The Labute approximate surface area is 255 Å². The van der Waals surface area contributed by atoms with Crippen molar-refractivity contribution in [1.82, 2.24) is 0 Å². The molecule has 0 radical (unpaired) electrons. The molecule has 0 saturated heterocycles. The van der Waals surface area contributed by atoms with Gasteiger partial charge in [0.05, 0.1) is 5.69 Å².